The third-order valence-corrected chi connectivity index (χ3v) is 3.46. The second kappa shape index (κ2) is 6.98. The van der Waals surface area contributed by atoms with Gasteiger partial charge in [0.1, 0.15) is 5.75 Å². The molecule has 0 aliphatic rings. The fourth-order valence-corrected chi connectivity index (χ4v) is 2.30. The number of hydrogen-bond donors (Lipinski definition) is 2. The Morgan fingerprint density at radius 1 is 1.17 bits per heavy atom. The first-order valence-electron chi connectivity index (χ1n) is 7.00. The summed E-state index contributed by atoms with van der Waals surface area (Å²) in [6.45, 7) is 0.354. The highest BCUT2D eigenvalue weighted by Gasteiger charge is 2.05. The van der Waals surface area contributed by atoms with Crippen LogP contribution in [0, 0.1) is 0 Å². The van der Waals surface area contributed by atoms with Gasteiger partial charge in [0.05, 0.1) is 6.20 Å². The molecule has 2 N–H and O–H groups in total. The third-order valence-electron chi connectivity index (χ3n) is 3.22. The lowest BCUT2D eigenvalue weighted by molar-refractivity contribution is 0.200. The van der Waals surface area contributed by atoms with Crippen LogP contribution >= 0.6 is 11.6 Å². The van der Waals surface area contributed by atoms with Gasteiger partial charge in [-0.1, -0.05) is 35.9 Å². The number of nitrogens with one attached hydrogen (secondary N) is 2. The average Bonchev–Trinajstić information content (AvgIpc) is 3.08. The topological polar surface area (TPSA) is 67.0 Å². The summed E-state index contributed by atoms with van der Waals surface area (Å²) in [6.07, 6.45) is 3.02. The summed E-state index contributed by atoms with van der Waals surface area (Å²) >= 11 is 5.90. The summed E-state index contributed by atoms with van der Waals surface area (Å²) in [6, 6.07) is 14.5. The number of benzene rings is 2. The number of halogens is 1. The lowest BCUT2D eigenvalue weighted by atomic mass is 10.1. The van der Waals surface area contributed by atoms with E-state index in [9.17, 15) is 4.79 Å². The van der Waals surface area contributed by atoms with Gasteiger partial charge in [0.15, 0.2) is 0 Å². The van der Waals surface area contributed by atoms with Crippen LogP contribution in [0.5, 0.6) is 5.75 Å². The zero-order valence-corrected chi connectivity index (χ0v) is 12.9. The van der Waals surface area contributed by atoms with Crippen LogP contribution in [-0.4, -0.2) is 16.3 Å². The molecule has 3 aromatic rings. The van der Waals surface area contributed by atoms with E-state index in [0.717, 1.165) is 16.7 Å². The van der Waals surface area contributed by atoms with Gasteiger partial charge in [0.2, 0.25) is 0 Å². The molecule has 0 saturated carbocycles. The number of aromatic nitrogens is 2. The number of aromatic amines is 1. The summed E-state index contributed by atoms with van der Waals surface area (Å²) in [7, 11) is 0. The van der Waals surface area contributed by atoms with Crippen molar-refractivity contribution in [3.63, 3.8) is 0 Å². The standard InChI is InChI=1S/C17H14ClN3O2/c18-15-3-1-2-12(8-15)9-19-17(22)23-16-6-4-13(5-7-16)14-10-20-21-11-14/h1-8,10-11H,9H2,(H,19,22)(H,20,21). The molecule has 0 unspecified atom stereocenters. The molecular weight excluding hydrogens is 314 g/mol. The van der Waals surface area contributed by atoms with Gasteiger partial charge in [-0.15, -0.1) is 0 Å². The van der Waals surface area contributed by atoms with Gasteiger partial charge in [0.25, 0.3) is 0 Å². The number of rotatable bonds is 4. The van der Waals surface area contributed by atoms with E-state index in [1.807, 2.05) is 24.3 Å². The summed E-state index contributed by atoms with van der Waals surface area (Å²) in [5, 5.41) is 9.97. The molecule has 3 rings (SSSR count). The predicted octanol–water partition coefficient (Wildman–Crippen LogP) is 4.02. The van der Waals surface area contributed by atoms with Crippen molar-refractivity contribution in [3.8, 4) is 16.9 Å². The molecule has 0 bridgehead atoms. The second-order valence-corrected chi connectivity index (χ2v) is 5.32. The molecule has 1 amide bonds. The van der Waals surface area contributed by atoms with E-state index in [1.165, 1.54) is 0 Å². The summed E-state index contributed by atoms with van der Waals surface area (Å²) in [5.74, 6) is 0.473. The first kappa shape index (κ1) is 15.1. The molecule has 2 aromatic carbocycles. The highest BCUT2D eigenvalue weighted by Crippen LogP contribution is 2.21. The Labute approximate surface area is 138 Å². The first-order chi connectivity index (χ1) is 11.2. The van der Waals surface area contributed by atoms with Crippen LogP contribution in [0.3, 0.4) is 0 Å². The van der Waals surface area contributed by atoms with Crippen LogP contribution in [0.4, 0.5) is 4.79 Å². The Morgan fingerprint density at radius 3 is 2.70 bits per heavy atom. The molecule has 0 aliphatic heterocycles. The first-order valence-corrected chi connectivity index (χ1v) is 7.38. The van der Waals surface area contributed by atoms with Gasteiger partial charge in [-0.3, -0.25) is 5.10 Å². The van der Waals surface area contributed by atoms with E-state index in [0.29, 0.717) is 17.3 Å². The van der Waals surface area contributed by atoms with E-state index in [1.54, 1.807) is 36.7 Å². The Morgan fingerprint density at radius 2 is 2.00 bits per heavy atom. The number of hydrogen-bond acceptors (Lipinski definition) is 3. The minimum absolute atomic E-state index is 0.354. The summed E-state index contributed by atoms with van der Waals surface area (Å²) < 4.78 is 5.23. The molecule has 0 radical (unpaired) electrons. The van der Waals surface area contributed by atoms with Gasteiger partial charge in [-0.2, -0.15) is 5.10 Å². The maximum atomic E-state index is 11.8. The largest absolute Gasteiger partial charge is 0.412 e. The van der Waals surface area contributed by atoms with Gasteiger partial charge in [-0.25, -0.2) is 4.79 Å². The fraction of sp³-hybridized carbons (Fsp3) is 0.0588. The number of amides is 1. The van der Waals surface area contributed by atoms with Crippen LogP contribution in [0.15, 0.2) is 60.9 Å². The fourth-order valence-electron chi connectivity index (χ4n) is 2.09. The Hall–Kier alpha value is -2.79. The lowest BCUT2D eigenvalue weighted by Crippen LogP contribution is -2.26. The summed E-state index contributed by atoms with van der Waals surface area (Å²) in [4.78, 5) is 11.8. The minimum atomic E-state index is -0.513. The van der Waals surface area contributed by atoms with Crippen LogP contribution < -0.4 is 10.1 Å². The van der Waals surface area contributed by atoms with E-state index in [2.05, 4.69) is 15.5 Å². The molecule has 0 atom stereocenters. The monoisotopic (exact) mass is 327 g/mol. The van der Waals surface area contributed by atoms with Crippen molar-refractivity contribution < 1.29 is 9.53 Å². The van der Waals surface area contributed by atoms with Crippen LogP contribution in [0.25, 0.3) is 11.1 Å². The normalized spacial score (nSPS) is 10.3. The van der Waals surface area contributed by atoms with Crippen molar-refractivity contribution in [1.29, 1.82) is 0 Å². The number of H-pyrrole nitrogens is 1. The zero-order chi connectivity index (χ0) is 16.1. The quantitative estimate of drug-likeness (QED) is 0.760. The lowest BCUT2D eigenvalue weighted by Gasteiger charge is -2.07. The van der Waals surface area contributed by atoms with Crippen molar-refractivity contribution in [2.75, 3.05) is 0 Å². The molecule has 23 heavy (non-hydrogen) atoms. The second-order valence-electron chi connectivity index (χ2n) is 4.88. The predicted molar refractivity (Wildman–Crippen MR) is 88.3 cm³/mol. The van der Waals surface area contributed by atoms with Crippen LogP contribution in [0.2, 0.25) is 5.02 Å². The minimum Gasteiger partial charge on any atom is -0.410 e. The third kappa shape index (κ3) is 4.11. The highest BCUT2D eigenvalue weighted by molar-refractivity contribution is 6.30. The van der Waals surface area contributed by atoms with Crippen molar-refractivity contribution in [2.24, 2.45) is 0 Å². The average molecular weight is 328 g/mol. The molecule has 0 spiro atoms. The molecule has 5 nitrogen and oxygen atoms in total. The maximum absolute atomic E-state index is 11.8. The van der Waals surface area contributed by atoms with Crippen molar-refractivity contribution in [2.45, 2.75) is 6.54 Å². The maximum Gasteiger partial charge on any atom is 0.412 e. The van der Waals surface area contributed by atoms with Crippen LogP contribution in [-0.2, 0) is 6.54 Å². The molecule has 1 aromatic heterocycles. The SMILES string of the molecule is O=C(NCc1cccc(Cl)c1)Oc1ccc(-c2cn[nH]c2)cc1. The number of carbonyl (C=O) groups is 1. The van der Waals surface area contributed by atoms with Crippen molar-refractivity contribution in [3.05, 3.63) is 71.5 Å². The Bertz CT molecular complexity index is 786. The van der Waals surface area contributed by atoms with Gasteiger partial charge < -0.3 is 10.1 Å². The number of ether oxygens (including phenoxy) is 1. The van der Waals surface area contributed by atoms with E-state index in [4.69, 9.17) is 16.3 Å². The Kier molecular flexibility index (Phi) is 4.59. The van der Waals surface area contributed by atoms with Gasteiger partial charge in [-0.05, 0) is 35.4 Å². The molecule has 0 saturated heterocycles. The number of carbonyl (C=O) groups excluding carboxylic acids is 1. The van der Waals surface area contributed by atoms with Gasteiger partial charge in [0, 0.05) is 23.3 Å². The van der Waals surface area contributed by atoms with Gasteiger partial charge >= 0.3 is 6.09 Å². The molecule has 1 heterocycles. The molecule has 116 valence electrons. The molecule has 0 aliphatic carbocycles. The van der Waals surface area contributed by atoms with E-state index in [-0.39, 0.29) is 0 Å². The van der Waals surface area contributed by atoms with Crippen molar-refractivity contribution >= 4 is 17.7 Å². The zero-order valence-electron chi connectivity index (χ0n) is 12.1. The van der Waals surface area contributed by atoms with E-state index < -0.39 is 6.09 Å². The summed E-state index contributed by atoms with van der Waals surface area (Å²) in [5.41, 5.74) is 2.87. The molecule has 0 fully saturated rings. The van der Waals surface area contributed by atoms with Crippen LogP contribution in [0.1, 0.15) is 5.56 Å². The smallest absolute Gasteiger partial charge is 0.410 e. The van der Waals surface area contributed by atoms with E-state index >= 15 is 0 Å². The highest BCUT2D eigenvalue weighted by atomic mass is 35.5. The number of nitrogens with zero attached hydrogens (tertiary/aromatic N) is 1. The molecule has 6 heteroatoms. The Balaban J connectivity index is 1.55. The molecular formula is C17H14ClN3O2. The van der Waals surface area contributed by atoms with Crippen molar-refractivity contribution in [1.82, 2.24) is 15.5 Å².